The van der Waals surface area contributed by atoms with Crippen LogP contribution < -0.4 is 0 Å². The van der Waals surface area contributed by atoms with E-state index in [1.807, 2.05) is 24.3 Å². The second-order valence-electron chi connectivity index (χ2n) is 3.95. The van der Waals surface area contributed by atoms with E-state index >= 15 is 0 Å². The Labute approximate surface area is 133 Å². The molecule has 0 spiro atoms. The number of nitrogens with zero attached hydrogens (tertiary/aromatic N) is 1. The Morgan fingerprint density at radius 2 is 1.95 bits per heavy atom. The molecule has 0 aliphatic rings. The maximum absolute atomic E-state index is 12.3. The number of thiophene rings is 1. The normalized spacial score (nSPS) is 12.0. The summed E-state index contributed by atoms with van der Waals surface area (Å²) in [5, 5.41) is 0. The van der Waals surface area contributed by atoms with Crippen molar-refractivity contribution in [2.75, 3.05) is 7.05 Å². The third kappa shape index (κ3) is 3.66. The monoisotopic (exact) mass is 423 g/mol. The first kappa shape index (κ1) is 15.2. The average molecular weight is 425 g/mol. The predicted octanol–water partition coefficient (Wildman–Crippen LogP) is 4.09. The standard InChI is InChI=1S/C12H11Br2NO2S2/c1-15(8-9-3-2-4-10(13)7-9)19(16,17)12-6-5-11(14)18-12/h2-7H,8H2,1H3. The lowest BCUT2D eigenvalue weighted by Crippen LogP contribution is -2.25. The van der Waals surface area contributed by atoms with Crippen molar-refractivity contribution in [3.05, 3.63) is 50.2 Å². The van der Waals surface area contributed by atoms with Gasteiger partial charge >= 0.3 is 0 Å². The predicted molar refractivity (Wildman–Crippen MR) is 84.8 cm³/mol. The zero-order valence-corrected chi connectivity index (χ0v) is 14.8. The van der Waals surface area contributed by atoms with Crippen molar-refractivity contribution in [2.24, 2.45) is 0 Å². The van der Waals surface area contributed by atoms with Gasteiger partial charge in [-0.2, -0.15) is 4.31 Å². The lowest BCUT2D eigenvalue weighted by molar-refractivity contribution is 0.468. The zero-order valence-electron chi connectivity index (χ0n) is 10.0. The molecule has 2 aromatic rings. The van der Waals surface area contributed by atoms with Crippen molar-refractivity contribution in [1.82, 2.24) is 4.31 Å². The largest absolute Gasteiger partial charge is 0.252 e. The van der Waals surface area contributed by atoms with E-state index in [1.165, 1.54) is 15.6 Å². The van der Waals surface area contributed by atoms with Gasteiger partial charge in [-0.05, 0) is 45.8 Å². The number of hydrogen-bond acceptors (Lipinski definition) is 3. The highest BCUT2D eigenvalue weighted by molar-refractivity contribution is 9.11. The maximum Gasteiger partial charge on any atom is 0.252 e. The van der Waals surface area contributed by atoms with Crippen LogP contribution in [0.5, 0.6) is 0 Å². The highest BCUT2D eigenvalue weighted by atomic mass is 79.9. The first-order valence-electron chi connectivity index (χ1n) is 5.36. The molecule has 0 amide bonds. The molecular formula is C12H11Br2NO2S2. The van der Waals surface area contributed by atoms with E-state index < -0.39 is 10.0 Å². The Kier molecular flexibility index (Phi) is 4.84. The fourth-order valence-electron chi connectivity index (χ4n) is 1.57. The van der Waals surface area contributed by atoms with E-state index in [9.17, 15) is 8.42 Å². The first-order valence-corrected chi connectivity index (χ1v) is 9.20. The Hall–Kier alpha value is -0.210. The molecule has 0 N–H and O–H groups in total. The number of benzene rings is 1. The quantitative estimate of drug-likeness (QED) is 0.740. The molecule has 0 atom stereocenters. The lowest BCUT2D eigenvalue weighted by atomic mass is 10.2. The number of halogens is 2. The Morgan fingerprint density at radius 3 is 2.53 bits per heavy atom. The lowest BCUT2D eigenvalue weighted by Gasteiger charge is -2.16. The van der Waals surface area contributed by atoms with Crippen LogP contribution in [-0.4, -0.2) is 19.8 Å². The van der Waals surface area contributed by atoms with Gasteiger partial charge in [0.2, 0.25) is 0 Å². The molecule has 2 rings (SSSR count). The van der Waals surface area contributed by atoms with Crippen molar-refractivity contribution in [2.45, 2.75) is 10.8 Å². The summed E-state index contributed by atoms with van der Waals surface area (Å²) in [5.41, 5.74) is 0.941. The fraction of sp³-hybridized carbons (Fsp3) is 0.167. The first-order chi connectivity index (χ1) is 8.89. The van der Waals surface area contributed by atoms with Crippen LogP contribution in [0.3, 0.4) is 0 Å². The summed E-state index contributed by atoms with van der Waals surface area (Å²) in [6.07, 6.45) is 0. The van der Waals surface area contributed by atoms with Gasteiger partial charge in [0.05, 0.1) is 3.79 Å². The van der Waals surface area contributed by atoms with E-state index in [4.69, 9.17) is 0 Å². The summed E-state index contributed by atoms with van der Waals surface area (Å²) in [5.74, 6) is 0. The van der Waals surface area contributed by atoms with Crippen LogP contribution in [0, 0.1) is 0 Å². The molecule has 0 fully saturated rings. The molecule has 0 aliphatic heterocycles. The van der Waals surface area contributed by atoms with Crippen molar-refractivity contribution in [3.63, 3.8) is 0 Å². The van der Waals surface area contributed by atoms with Crippen LogP contribution in [0.15, 0.2) is 48.9 Å². The van der Waals surface area contributed by atoms with E-state index in [1.54, 1.807) is 19.2 Å². The van der Waals surface area contributed by atoms with Crippen molar-refractivity contribution >= 4 is 53.2 Å². The van der Waals surface area contributed by atoms with Gasteiger partial charge in [0.1, 0.15) is 4.21 Å². The van der Waals surface area contributed by atoms with Gasteiger partial charge in [0.25, 0.3) is 10.0 Å². The van der Waals surface area contributed by atoms with E-state index in [0.29, 0.717) is 10.8 Å². The molecule has 0 aliphatic carbocycles. The molecular weight excluding hydrogens is 414 g/mol. The fourth-order valence-corrected chi connectivity index (χ4v) is 5.39. The van der Waals surface area contributed by atoms with Crippen molar-refractivity contribution < 1.29 is 8.42 Å². The maximum atomic E-state index is 12.3. The molecule has 1 aromatic heterocycles. The SMILES string of the molecule is CN(Cc1cccc(Br)c1)S(=O)(=O)c1ccc(Br)s1. The van der Waals surface area contributed by atoms with Crippen LogP contribution in [0.25, 0.3) is 0 Å². The molecule has 102 valence electrons. The number of sulfonamides is 1. The second kappa shape index (κ2) is 6.05. The minimum Gasteiger partial charge on any atom is -0.206 e. The van der Waals surface area contributed by atoms with Gasteiger partial charge in [-0.1, -0.05) is 28.1 Å². The Bertz CT molecular complexity index is 683. The molecule has 0 unspecified atom stereocenters. The van der Waals surface area contributed by atoms with Crippen LogP contribution >= 0.6 is 43.2 Å². The Balaban J connectivity index is 2.22. The van der Waals surface area contributed by atoms with Crippen LogP contribution in [0.4, 0.5) is 0 Å². The van der Waals surface area contributed by atoms with Gasteiger partial charge in [-0.25, -0.2) is 8.42 Å². The smallest absolute Gasteiger partial charge is 0.206 e. The third-order valence-electron chi connectivity index (χ3n) is 2.51. The topological polar surface area (TPSA) is 37.4 Å². The van der Waals surface area contributed by atoms with Gasteiger partial charge in [0, 0.05) is 18.1 Å². The van der Waals surface area contributed by atoms with Gasteiger partial charge < -0.3 is 0 Å². The molecule has 1 heterocycles. The van der Waals surface area contributed by atoms with Crippen molar-refractivity contribution in [1.29, 1.82) is 0 Å². The van der Waals surface area contributed by atoms with Crippen LogP contribution in [0.1, 0.15) is 5.56 Å². The summed E-state index contributed by atoms with van der Waals surface area (Å²) in [4.78, 5) is 0. The van der Waals surface area contributed by atoms with Crippen LogP contribution in [-0.2, 0) is 16.6 Å². The highest BCUT2D eigenvalue weighted by Crippen LogP contribution is 2.28. The molecule has 7 heteroatoms. The minimum absolute atomic E-state index is 0.344. The zero-order chi connectivity index (χ0) is 14.0. The summed E-state index contributed by atoms with van der Waals surface area (Å²) in [6, 6.07) is 11.0. The van der Waals surface area contributed by atoms with Crippen LogP contribution in [0.2, 0.25) is 0 Å². The Morgan fingerprint density at radius 1 is 1.21 bits per heavy atom. The highest BCUT2D eigenvalue weighted by Gasteiger charge is 2.22. The van der Waals surface area contributed by atoms with E-state index in [2.05, 4.69) is 31.9 Å². The van der Waals surface area contributed by atoms with E-state index in [0.717, 1.165) is 13.8 Å². The summed E-state index contributed by atoms with van der Waals surface area (Å²) in [6.45, 7) is 0.345. The number of rotatable bonds is 4. The molecule has 0 saturated carbocycles. The molecule has 19 heavy (non-hydrogen) atoms. The molecule has 3 nitrogen and oxygen atoms in total. The summed E-state index contributed by atoms with van der Waals surface area (Å²) in [7, 11) is -1.84. The molecule has 0 bridgehead atoms. The molecule has 0 radical (unpaired) electrons. The summed E-state index contributed by atoms with van der Waals surface area (Å²) >= 11 is 7.87. The average Bonchev–Trinajstić information content (AvgIpc) is 2.76. The third-order valence-corrected chi connectivity index (χ3v) is 6.90. The van der Waals surface area contributed by atoms with Gasteiger partial charge in [-0.3, -0.25) is 0 Å². The molecule has 1 aromatic carbocycles. The van der Waals surface area contributed by atoms with Gasteiger partial charge in [0.15, 0.2) is 0 Å². The van der Waals surface area contributed by atoms with Crippen molar-refractivity contribution in [3.8, 4) is 0 Å². The van der Waals surface area contributed by atoms with Gasteiger partial charge in [-0.15, -0.1) is 11.3 Å². The second-order valence-corrected chi connectivity index (χ2v) is 9.60. The summed E-state index contributed by atoms with van der Waals surface area (Å²) < 4.78 is 28.1. The number of hydrogen-bond donors (Lipinski definition) is 0. The van der Waals surface area contributed by atoms with E-state index in [-0.39, 0.29) is 0 Å². The minimum atomic E-state index is -3.42. The molecule has 0 saturated heterocycles.